The fourth-order valence-electron chi connectivity index (χ4n) is 4.82. The van der Waals surface area contributed by atoms with Crippen LogP contribution in [0.2, 0.25) is 0 Å². The molecule has 0 unspecified atom stereocenters. The van der Waals surface area contributed by atoms with Gasteiger partial charge in [0.1, 0.15) is 17.6 Å². The van der Waals surface area contributed by atoms with Crippen molar-refractivity contribution in [2.45, 2.75) is 18.9 Å². The third-order valence-electron chi connectivity index (χ3n) is 5.89. The minimum Gasteiger partial charge on any atom is -0.462 e. The second kappa shape index (κ2) is 5.87. The van der Waals surface area contributed by atoms with Gasteiger partial charge in [-0.2, -0.15) is 0 Å². The number of hydrogen-bond acceptors (Lipinski definition) is 4. The fraction of sp³-hybridized carbons (Fsp3) is 0.333. The van der Waals surface area contributed by atoms with Gasteiger partial charge in [-0.05, 0) is 55.2 Å². The van der Waals surface area contributed by atoms with Crippen molar-refractivity contribution in [2.75, 3.05) is 5.32 Å². The highest BCUT2D eigenvalue weighted by Gasteiger charge is 2.63. The number of para-hydroxylation sites is 1. The van der Waals surface area contributed by atoms with Crippen molar-refractivity contribution in [1.82, 2.24) is 0 Å². The van der Waals surface area contributed by atoms with Crippen LogP contribution in [0.1, 0.15) is 12.8 Å². The maximum atomic E-state index is 12.8. The van der Waals surface area contributed by atoms with Gasteiger partial charge in [-0.3, -0.25) is 9.59 Å². The van der Waals surface area contributed by atoms with E-state index in [1.807, 2.05) is 54.6 Å². The van der Waals surface area contributed by atoms with Crippen molar-refractivity contribution in [3.8, 4) is 11.5 Å². The summed E-state index contributed by atoms with van der Waals surface area (Å²) in [5.41, 5.74) is 0.709. The Morgan fingerprint density at radius 3 is 2.50 bits per heavy atom. The maximum Gasteiger partial charge on any atom is 0.310 e. The van der Waals surface area contributed by atoms with Crippen molar-refractivity contribution >= 4 is 17.6 Å². The summed E-state index contributed by atoms with van der Waals surface area (Å²) in [6.07, 6.45) is 1.81. The van der Waals surface area contributed by atoms with Crippen LogP contribution in [0.25, 0.3) is 0 Å². The Hall–Kier alpha value is -2.82. The average molecular weight is 349 g/mol. The van der Waals surface area contributed by atoms with Crippen molar-refractivity contribution in [3.63, 3.8) is 0 Å². The van der Waals surface area contributed by atoms with Crippen LogP contribution < -0.4 is 10.1 Å². The molecule has 0 aromatic heterocycles. The summed E-state index contributed by atoms with van der Waals surface area (Å²) >= 11 is 0. The Morgan fingerprint density at radius 1 is 1.00 bits per heavy atom. The van der Waals surface area contributed by atoms with E-state index in [0.29, 0.717) is 11.4 Å². The zero-order chi connectivity index (χ0) is 17.7. The van der Waals surface area contributed by atoms with Gasteiger partial charge in [0.15, 0.2) is 0 Å². The second-order valence-electron chi connectivity index (χ2n) is 7.35. The zero-order valence-electron chi connectivity index (χ0n) is 14.1. The topological polar surface area (TPSA) is 64.6 Å². The number of rotatable bonds is 4. The van der Waals surface area contributed by atoms with Crippen molar-refractivity contribution < 1.29 is 19.1 Å². The predicted molar refractivity (Wildman–Crippen MR) is 94.7 cm³/mol. The first-order valence-corrected chi connectivity index (χ1v) is 9.03. The lowest BCUT2D eigenvalue weighted by Gasteiger charge is -2.23. The summed E-state index contributed by atoms with van der Waals surface area (Å²) < 4.78 is 11.2. The summed E-state index contributed by atoms with van der Waals surface area (Å²) in [4.78, 5) is 24.8. The molecule has 1 N–H and O–H groups in total. The molecule has 3 aliphatic rings. The third kappa shape index (κ3) is 2.46. The van der Waals surface area contributed by atoms with Gasteiger partial charge in [0.25, 0.3) is 0 Å². The molecule has 0 spiro atoms. The maximum absolute atomic E-state index is 12.8. The van der Waals surface area contributed by atoms with Gasteiger partial charge in [0.05, 0.1) is 11.8 Å². The molecule has 5 nitrogen and oxygen atoms in total. The van der Waals surface area contributed by atoms with Crippen LogP contribution in [-0.4, -0.2) is 18.0 Å². The van der Waals surface area contributed by atoms with E-state index in [9.17, 15) is 9.59 Å². The van der Waals surface area contributed by atoms with E-state index >= 15 is 0 Å². The first-order valence-electron chi connectivity index (χ1n) is 9.03. The Morgan fingerprint density at radius 2 is 1.73 bits per heavy atom. The highest BCUT2D eigenvalue weighted by atomic mass is 16.6. The lowest BCUT2D eigenvalue weighted by molar-refractivity contribution is -0.145. The van der Waals surface area contributed by atoms with Crippen LogP contribution in [0.5, 0.6) is 11.5 Å². The van der Waals surface area contributed by atoms with Crippen LogP contribution in [0.15, 0.2) is 54.6 Å². The van der Waals surface area contributed by atoms with Gasteiger partial charge >= 0.3 is 5.97 Å². The quantitative estimate of drug-likeness (QED) is 0.857. The number of esters is 1. The average Bonchev–Trinajstić information content (AvgIpc) is 3.26. The van der Waals surface area contributed by atoms with E-state index < -0.39 is 0 Å². The van der Waals surface area contributed by atoms with Crippen molar-refractivity contribution in [1.29, 1.82) is 0 Å². The Kier molecular flexibility index (Phi) is 3.48. The van der Waals surface area contributed by atoms with Crippen LogP contribution in [-0.2, 0) is 14.3 Å². The van der Waals surface area contributed by atoms with Gasteiger partial charge in [0.2, 0.25) is 5.91 Å². The molecule has 2 aliphatic carbocycles. The van der Waals surface area contributed by atoms with Gasteiger partial charge < -0.3 is 14.8 Å². The third-order valence-corrected chi connectivity index (χ3v) is 5.89. The number of fused-ring (bicyclic) bond motifs is 1. The van der Waals surface area contributed by atoms with Crippen LogP contribution in [0, 0.1) is 23.7 Å². The number of amides is 1. The molecule has 0 radical (unpaired) electrons. The number of carbonyl (C=O) groups excluding carboxylic acids is 2. The molecule has 2 bridgehead atoms. The minimum absolute atomic E-state index is 0.0518. The van der Waals surface area contributed by atoms with Gasteiger partial charge in [-0.1, -0.05) is 18.2 Å². The van der Waals surface area contributed by atoms with E-state index in [2.05, 4.69) is 5.32 Å². The SMILES string of the molecule is O=C(Nc1ccc(Oc2ccccc2)cc1)[C@@H]1[C@H]2C[C@@H]3[C@@H]1C(=O)O[C@@H]3C2. The van der Waals surface area contributed by atoms with Crippen LogP contribution in [0.4, 0.5) is 5.69 Å². The molecule has 1 amide bonds. The molecule has 1 saturated heterocycles. The van der Waals surface area contributed by atoms with Crippen molar-refractivity contribution in [3.05, 3.63) is 54.6 Å². The highest BCUT2D eigenvalue weighted by Crippen LogP contribution is 2.57. The lowest BCUT2D eigenvalue weighted by Crippen LogP contribution is -2.35. The fourth-order valence-corrected chi connectivity index (χ4v) is 4.82. The molecule has 3 fully saturated rings. The zero-order valence-corrected chi connectivity index (χ0v) is 14.1. The molecule has 2 aromatic rings. The molecular weight excluding hydrogens is 330 g/mol. The first-order chi connectivity index (χ1) is 12.7. The Labute approximate surface area is 151 Å². The summed E-state index contributed by atoms with van der Waals surface area (Å²) in [6.45, 7) is 0. The standard InChI is InChI=1S/C21H19NO4/c23-20(18-12-10-16-17(11-12)26-21(24)19(16)18)22-13-6-8-15(9-7-13)25-14-4-2-1-3-5-14/h1-9,12,16-19H,10-11H2,(H,22,23)/t12-,16-,17+,18+,19-/m0/s1. The molecule has 132 valence electrons. The second-order valence-corrected chi connectivity index (χ2v) is 7.35. The smallest absolute Gasteiger partial charge is 0.310 e. The number of ether oxygens (including phenoxy) is 2. The molecule has 26 heavy (non-hydrogen) atoms. The molecule has 1 heterocycles. The molecule has 5 rings (SSSR count). The Bertz CT molecular complexity index is 846. The van der Waals surface area contributed by atoms with Gasteiger partial charge in [-0.25, -0.2) is 0 Å². The molecule has 5 heteroatoms. The monoisotopic (exact) mass is 349 g/mol. The first kappa shape index (κ1) is 15.4. The van der Waals surface area contributed by atoms with Crippen LogP contribution in [0.3, 0.4) is 0 Å². The van der Waals surface area contributed by atoms with E-state index in [0.717, 1.165) is 18.6 Å². The predicted octanol–water partition coefficient (Wildman–Crippen LogP) is 3.62. The van der Waals surface area contributed by atoms with E-state index in [1.165, 1.54) is 0 Å². The van der Waals surface area contributed by atoms with Crippen molar-refractivity contribution in [2.24, 2.45) is 23.7 Å². The molecule has 2 aromatic carbocycles. The Balaban J connectivity index is 1.27. The molecule has 5 atom stereocenters. The largest absolute Gasteiger partial charge is 0.462 e. The molecule has 1 aliphatic heterocycles. The van der Waals surface area contributed by atoms with E-state index in [4.69, 9.17) is 9.47 Å². The lowest BCUT2D eigenvalue weighted by atomic mass is 9.79. The van der Waals surface area contributed by atoms with E-state index in [-0.39, 0.29) is 41.7 Å². The minimum atomic E-state index is -0.258. The number of benzene rings is 2. The number of nitrogens with one attached hydrogen (secondary N) is 1. The number of carbonyl (C=O) groups is 2. The normalized spacial score (nSPS) is 30.9. The number of anilines is 1. The summed E-state index contributed by atoms with van der Waals surface area (Å²) in [5, 5.41) is 2.96. The molecular formula is C21H19NO4. The van der Waals surface area contributed by atoms with Gasteiger partial charge in [0, 0.05) is 11.6 Å². The molecule has 2 saturated carbocycles. The number of hydrogen-bond donors (Lipinski definition) is 1. The van der Waals surface area contributed by atoms with E-state index in [1.54, 1.807) is 0 Å². The summed E-state index contributed by atoms with van der Waals surface area (Å²) in [5.74, 6) is 1.21. The summed E-state index contributed by atoms with van der Waals surface area (Å²) in [7, 11) is 0. The van der Waals surface area contributed by atoms with Crippen LogP contribution >= 0.6 is 0 Å². The summed E-state index contributed by atoms with van der Waals surface area (Å²) in [6, 6.07) is 16.8. The van der Waals surface area contributed by atoms with Gasteiger partial charge in [-0.15, -0.1) is 0 Å². The highest BCUT2D eigenvalue weighted by molar-refractivity contribution is 5.97.